The second kappa shape index (κ2) is 10.1. The standard InChI is InChI=1S/C25H37N3O2/c1-3-19-17-22-18-21(9-10-23(22)26-25(19)29)24(20-7-5-4-6-8-20)28-13-11-27(12-14-28)15-16-30-2/h9-10,17-18,20,24H,3-8,11-16H2,1-2H3,(H,26,29)/t24-/m1/s1. The molecule has 5 heteroatoms. The van der Waals surface area contributed by atoms with E-state index in [-0.39, 0.29) is 5.56 Å². The van der Waals surface area contributed by atoms with Gasteiger partial charge in [0.1, 0.15) is 0 Å². The van der Waals surface area contributed by atoms with Crippen LogP contribution in [0.1, 0.15) is 56.2 Å². The molecule has 1 N–H and O–H groups in total. The Labute approximate surface area is 180 Å². The largest absolute Gasteiger partial charge is 0.383 e. The number of hydrogen-bond donors (Lipinski definition) is 1. The molecule has 1 atom stereocenters. The molecule has 5 nitrogen and oxygen atoms in total. The quantitative estimate of drug-likeness (QED) is 0.749. The third-order valence-corrected chi connectivity index (χ3v) is 7.18. The number of methoxy groups -OCH3 is 1. The van der Waals surface area contributed by atoms with Gasteiger partial charge in [0.25, 0.3) is 5.56 Å². The van der Waals surface area contributed by atoms with Crippen LogP contribution in [0.5, 0.6) is 0 Å². The normalized spacial score (nSPS) is 20.6. The number of aromatic nitrogens is 1. The van der Waals surface area contributed by atoms with Crippen LogP contribution < -0.4 is 5.56 Å². The lowest BCUT2D eigenvalue weighted by atomic mass is 9.80. The molecule has 0 spiro atoms. The van der Waals surface area contributed by atoms with Gasteiger partial charge in [-0.3, -0.25) is 14.6 Å². The van der Waals surface area contributed by atoms with Gasteiger partial charge in [0, 0.05) is 57.0 Å². The number of rotatable bonds is 7. The van der Waals surface area contributed by atoms with Gasteiger partial charge in [-0.2, -0.15) is 0 Å². The Balaban J connectivity index is 1.61. The third kappa shape index (κ3) is 4.79. The van der Waals surface area contributed by atoms with E-state index in [1.54, 1.807) is 7.11 Å². The minimum absolute atomic E-state index is 0.0498. The maximum atomic E-state index is 12.2. The Bertz CT molecular complexity index is 880. The van der Waals surface area contributed by atoms with Gasteiger partial charge in [0.05, 0.1) is 6.61 Å². The van der Waals surface area contributed by atoms with Crippen LogP contribution in [0.25, 0.3) is 10.9 Å². The molecule has 2 fully saturated rings. The summed E-state index contributed by atoms with van der Waals surface area (Å²) in [5.74, 6) is 0.732. The fourth-order valence-corrected chi connectivity index (χ4v) is 5.43. The summed E-state index contributed by atoms with van der Waals surface area (Å²) in [4.78, 5) is 20.5. The minimum atomic E-state index is 0.0498. The first kappa shape index (κ1) is 21.5. The van der Waals surface area contributed by atoms with Crippen molar-refractivity contribution in [2.24, 2.45) is 5.92 Å². The summed E-state index contributed by atoms with van der Waals surface area (Å²) in [7, 11) is 1.78. The van der Waals surface area contributed by atoms with E-state index in [2.05, 4.69) is 39.0 Å². The topological polar surface area (TPSA) is 48.6 Å². The third-order valence-electron chi connectivity index (χ3n) is 7.18. The monoisotopic (exact) mass is 411 g/mol. The molecule has 164 valence electrons. The molecule has 1 saturated heterocycles. The molecular formula is C25H37N3O2. The number of fused-ring (bicyclic) bond motifs is 1. The number of aryl methyl sites for hydroxylation is 1. The number of H-pyrrole nitrogens is 1. The van der Waals surface area contributed by atoms with Crippen molar-refractivity contribution < 1.29 is 4.74 Å². The Morgan fingerprint density at radius 1 is 1.10 bits per heavy atom. The van der Waals surface area contributed by atoms with Crippen molar-refractivity contribution >= 4 is 10.9 Å². The fraction of sp³-hybridized carbons (Fsp3) is 0.640. The number of pyridine rings is 1. The molecule has 0 amide bonds. The van der Waals surface area contributed by atoms with Crippen molar-refractivity contribution in [3.63, 3.8) is 0 Å². The molecule has 2 aromatic rings. The molecule has 1 aromatic carbocycles. The molecule has 2 heterocycles. The number of hydrogen-bond acceptors (Lipinski definition) is 4. The number of ether oxygens (including phenoxy) is 1. The predicted octanol–water partition coefficient (Wildman–Crippen LogP) is 3.98. The van der Waals surface area contributed by atoms with E-state index < -0.39 is 0 Å². The van der Waals surface area contributed by atoms with Crippen LogP contribution in [0.3, 0.4) is 0 Å². The van der Waals surface area contributed by atoms with E-state index in [1.807, 2.05) is 6.92 Å². The SMILES string of the molecule is CCc1cc2cc([C@@H](C3CCCCC3)N3CCN(CCOC)CC3)ccc2[nH]c1=O. The van der Waals surface area contributed by atoms with E-state index in [0.29, 0.717) is 6.04 Å². The highest BCUT2D eigenvalue weighted by Gasteiger charge is 2.32. The van der Waals surface area contributed by atoms with Crippen LogP contribution in [0.4, 0.5) is 0 Å². The first-order chi connectivity index (χ1) is 14.7. The second-order valence-electron chi connectivity index (χ2n) is 9.04. The maximum Gasteiger partial charge on any atom is 0.251 e. The van der Waals surface area contributed by atoms with E-state index in [9.17, 15) is 4.79 Å². The summed E-state index contributed by atoms with van der Waals surface area (Å²) in [6.07, 6.45) is 7.53. The van der Waals surface area contributed by atoms with Gasteiger partial charge < -0.3 is 9.72 Å². The van der Waals surface area contributed by atoms with E-state index in [0.717, 1.165) is 62.7 Å². The van der Waals surface area contributed by atoms with Gasteiger partial charge in [-0.25, -0.2) is 0 Å². The number of nitrogens with zero attached hydrogens (tertiary/aromatic N) is 2. The zero-order valence-electron chi connectivity index (χ0n) is 18.7. The molecule has 0 radical (unpaired) electrons. The Kier molecular flexibility index (Phi) is 7.24. The Hall–Kier alpha value is -1.69. The fourth-order valence-electron chi connectivity index (χ4n) is 5.43. The zero-order chi connectivity index (χ0) is 20.9. The number of piperazine rings is 1. The molecule has 4 rings (SSSR count). The minimum Gasteiger partial charge on any atom is -0.383 e. The first-order valence-corrected chi connectivity index (χ1v) is 11.8. The molecule has 0 bridgehead atoms. The van der Waals surface area contributed by atoms with E-state index >= 15 is 0 Å². The van der Waals surface area contributed by atoms with Crippen molar-refractivity contribution in [1.82, 2.24) is 14.8 Å². The van der Waals surface area contributed by atoms with Crippen LogP contribution >= 0.6 is 0 Å². The van der Waals surface area contributed by atoms with Gasteiger partial charge in [-0.1, -0.05) is 32.3 Å². The van der Waals surface area contributed by atoms with Crippen molar-refractivity contribution in [3.05, 3.63) is 45.7 Å². The molecule has 0 unspecified atom stereocenters. The lowest BCUT2D eigenvalue weighted by Crippen LogP contribution is -2.49. The first-order valence-electron chi connectivity index (χ1n) is 11.8. The van der Waals surface area contributed by atoms with Crippen LogP contribution in [0.2, 0.25) is 0 Å². The molecule has 1 aromatic heterocycles. The summed E-state index contributed by atoms with van der Waals surface area (Å²) >= 11 is 0. The highest BCUT2D eigenvalue weighted by Crippen LogP contribution is 2.39. The highest BCUT2D eigenvalue weighted by atomic mass is 16.5. The van der Waals surface area contributed by atoms with Crippen LogP contribution in [-0.4, -0.2) is 61.2 Å². The summed E-state index contributed by atoms with van der Waals surface area (Å²) in [6.45, 7) is 8.37. The molecule has 1 aliphatic heterocycles. The highest BCUT2D eigenvalue weighted by molar-refractivity contribution is 5.79. The number of aromatic amines is 1. The smallest absolute Gasteiger partial charge is 0.251 e. The summed E-state index contributed by atoms with van der Waals surface area (Å²) < 4.78 is 5.27. The molecular weight excluding hydrogens is 374 g/mol. The Morgan fingerprint density at radius 2 is 1.87 bits per heavy atom. The molecule has 1 aliphatic carbocycles. The average molecular weight is 412 g/mol. The number of nitrogens with one attached hydrogen (secondary N) is 1. The average Bonchev–Trinajstić information content (AvgIpc) is 2.79. The lowest BCUT2D eigenvalue weighted by Gasteiger charge is -2.43. The Morgan fingerprint density at radius 3 is 2.57 bits per heavy atom. The van der Waals surface area contributed by atoms with Crippen molar-refractivity contribution in [1.29, 1.82) is 0 Å². The van der Waals surface area contributed by atoms with Crippen LogP contribution in [-0.2, 0) is 11.2 Å². The second-order valence-corrected chi connectivity index (χ2v) is 9.04. The lowest BCUT2D eigenvalue weighted by molar-refractivity contribution is 0.0466. The van der Waals surface area contributed by atoms with Gasteiger partial charge in [-0.15, -0.1) is 0 Å². The number of benzene rings is 1. The van der Waals surface area contributed by atoms with Crippen LogP contribution in [0.15, 0.2) is 29.1 Å². The molecule has 1 saturated carbocycles. The summed E-state index contributed by atoms with van der Waals surface area (Å²) in [5.41, 5.74) is 3.30. The van der Waals surface area contributed by atoms with Crippen LogP contribution in [0, 0.1) is 5.92 Å². The van der Waals surface area contributed by atoms with Gasteiger partial charge in [0.2, 0.25) is 0 Å². The predicted molar refractivity (Wildman–Crippen MR) is 123 cm³/mol. The van der Waals surface area contributed by atoms with Gasteiger partial charge in [-0.05, 0) is 54.3 Å². The summed E-state index contributed by atoms with van der Waals surface area (Å²) in [6, 6.07) is 9.31. The van der Waals surface area contributed by atoms with E-state index in [4.69, 9.17) is 4.74 Å². The van der Waals surface area contributed by atoms with Crippen molar-refractivity contribution in [3.8, 4) is 0 Å². The van der Waals surface area contributed by atoms with Gasteiger partial charge >= 0.3 is 0 Å². The maximum absolute atomic E-state index is 12.2. The van der Waals surface area contributed by atoms with Crippen molar-refractivity contribution in [2.75, 3.05) is 46.4 Å². The van der Waals surface area contributed by atoms with Gasteiger partial charge in [0.15, 0.2) is 0 Å². The van der Waals surface area contributed by atoms with E-state index in [1.165, 1.54) is 43.1 Å². The zero-order valence-corrected chi connectivity index (χ0v) is 18.7. The summed E-state index contributed by atoms with van der Waals surface area (Å²) in [5, 5.41) is 1.17. The molecule has 30 heavy (non-hydrogen) atoms. The molecule has 2 aliphatic rings. The van der Waals surface area contributed by atoms with Crippen molar-refractivity contribution in [2.45, 2.75) is 51.5 Å².